The molecule has 0 amide bonds. The van der Waals surface area contributed by atoms with Crippen LogP contribution in [0, 0.1) is 11.3 Å². The Labute approximate surface area is 116 Å². The molecule has 0 unspecified atom stereocenters. The van der Waals surface area contributed by atoms with Gasteiger partial charge in [-0.25, -0.2) is 9.78 Å². The highest BCUT2D eigenvalue weighted by molar-refractivity contribution is 6.34. The lowest BCUT2D eigenvalue weighted by atomic mass is 9.81. The average molecular weight is 280 g/mol. The quantitative estimate of drug-likeness (QED) is 0.888. The van der Waals surface area contributed by atoms with Crippen molar-refractivity contribution in [2.24, 2.45) is 0 Å². The van der Waals surface area contributed by atoms with Gasteiger partial charge in [0.05, 0.1) is 5.56 Å². The number of aliphatic carboxylic acids is 1. The van der Waals surface area contributed by atoms with E-state index in [1.165, 1.54) is 12.3 Å². The van der Waals surface area contributed by atoms with E-state index in [9.17, 15) is 9.90 Å². The number of nitrogens with one attached hydrogen (secondary N) is 1. The van der Waals surface area contributed by atoms with Gasteiger partial charge in [0.2, 0.25) is 0 Å². The van der Waals surface area contributed by atoms with Gasteiger partial charge >= 0.3 is 5.97 Å². The Morgan fingerprint density at radius 2 is 2.16 bits per heavy atom. The minimum absolute atomic E-state index is 0.177. The average Bonchev–Trinajstić information content (AvgIpc) is 2.42. The molecule has 0 aromatic carbocycles. The third-order valence-corrected chi connectivity index (χ3v) is 3.87. The van der Waals surface area contributed by atoms with Crippen molar-refractivity contribution in [2.75, 3.05) is 5.32 Å². The summed E-state index contributed by atoms with van der Waals surface area (Å²) in [5.74, 6) is -0.627. The Morgan fingerprint density at radius 1 is 1.47 bits per heavy atom. The molecule has 1 saturated carbocycles. The lowest BCUT2D eigenvalue weighted by Gasteiger charge is -2.34. The van der Waals surface area contributed by atoms with E-state index in [2.05, 4.69) is 10.3 Å². The molecule has 0 saturated heterocycles. The molecule has 1 aliphatic carbocycles. The molecule has 0 atom stereocenters. The van der Waals surface area contributed by atoms with Crippen LogP contribution in [0.15, 0.2) is 12.3 Å². The second-order valence-electron chi connectivity index (χ2n) is 4.71. The van der Waals surface area contributed by atoms with Crippen molar-refractivity contribution >= 4 is 23.4 Å². The summed E-state index contributed by atoms with van der Waals surface area (Å²) in [4.78, 5) is 15.6. The van der Waals surface area contributed by atoms with Gasteiger partial charge in [-0.2, -0.15) is 5.26 Å². The molecule has 19 heavy (non-hydrogen) atoms. The predicted molar refractivity (Wildman–Crippen MR) is 71.0 cm³/mol. The maximum Gasteiger partial charge on any atom is 0.329 e. The highest BCUT2D eigenvalue weighted by Gasteiger charge is 2.40. The number of carbonyl (C=O) groups is 1. The Balaban J connectivity index is 2.33. The summed E-state index contributed by atoms with van der Waals surface area (Å²) in [6.07, 6.45) is 5.28. The van der Waals surface area contributed by atoms with E-state index >= 15 is 0 Å². The van der Waals surface area contributed by atoms with Gasteiger partial charge in [0.25, 0.3) is 0 Å². The fourth-order valence-corrected chi connectivity index (χ4v) is 2.59. The predicted octanol–water partition coefficient (Wildman–Crippen LogP) is 2.81. The number of halogens is 1. The summed E-state index contributed by atoms with van der Waals surface area (Å²) < 4.78 is 0. The fraction of sp³-hybridized carbons (Fsp3) is 0.462. The molecule has 1 aromatic heterocycles. The highest BCUT2D eigenvalue weighted by atomic mass is 35.5. The Bertz CT molecular complexity index is 533. The smallest absolute Gasteiger partial charge is 0.329 e. The normalized spacial score (nSPS) is 17.5. The van der Waals surface area contributed by atoms with Crippen molar-refractivity contribution in [3.05, 3.63) is 22.8 Å². The Kier molecular flexibility index (Phi) is 3.91. The van der Waals surface area contributed by atoms with Crippen LogP contribution in [0.2, 0.25) is 5.02 Å². The minimum atomic E-state index is -1.02. The molecule has 1 aliphatic rings. The number of anilines is 1. The van der Waals surface area contributed by atoms with Gasteiger partial charge < -0.3 is 10.4 Å². The van der Waals surface area contributed by atoms with E-state index in [0.29, 0.717) is 12.8 Å². The number of rotatable bonds is 3. The van der Waals surface area contributed by atoms with Gasteiger partial charge in [0.1, 0.15) is 22.4 Å². The molecule has 2 rings (SSSR count). The zero-order chi connectivity index (χ0) is 13.9. The first kappa shape index (κ1) is 13.6. The molecule has 100 valence electrons. The number of carboxylic acid groups (broad SMARTS) is 1. The van der Waals surface area contributed by atoms with Crippen molar-refractivity contribution in [1.29, 1.82) is 5.26 Å². The lowest BCUT2D eigenvalue weighted by molar-refractivity contribution is -0.143. The first-order chi connectivity index (χ1) is 9.09. The Morgan fingerprint density at radius 3 is 2.74 bits per heavy atom. The third-order valence-electron chi connectivity index (χ3n) is 3.48. The Hall–Kier alpha value is -1.80. The van der Waals surface area contributed by atoms with Crippen LogP contribution >= 0.6 is 11.6 Å². The molecule has 0 radical (unpaired) electrons. The topological polar surface area (TPSA) is 86.0 Å². The third kappa shape index (κ3) is 2.64. The second kappa shape index (κ2) is 5.45. The van der Waals surface area contributed by atoms with Crippen molar-refractivity contribution in [2.45, 2.75) is 37.6 Å². The van der Waals surface area contributed by atoms with Crippen LogP contribution in [-0.4, -0.2) is 21.6 Å². The number of nitrogens with zero attached hydrogens (tertiary/aromatic N) is 2. The van der Waals surface area contributed by atoms with Gasteiger partial charge in [0, 0.05) is 6.20 Å². The molecular weight excluding hydrogens is 266 g/mol. The van der Waals surface area contributed by atoms with Crippen LogP contribution in [0.1, 0.15) is 37.7 Å². The van der Waals surface area contributed by atoms with Gasteiger partial charge in [-0.05, 0) is 18.9 Å². The summed E-state index contributed by atoms with van der Waals surface area (Å²) in [6, 6.07) is 3.46. The number of hydrogen-bond acceptors (Lipinski definition) is 4. The fourth-order valence-electron chi connectivity index (χ4n) is 2.39. The summed E-state index contributed by atoms with van der Waals surface area (Å²) in [7, 11) is 0. The first-order valence-corrected chi connectivity index (χ1v) is 6.53. The van der Waals surface area contributed by atoms with Crippen molar-refractivity contribution in [3.8, 4) is 6.07 Å². The molecule has 5 nitrogen and oxygen atoms in total. The van der Waals surface area contributed by atoms with Gasteiger partial charge in [-0.15, -0.1) is 0 Å². The zero-order valence-corrected chi connectivity index (χ0v) is 11.1. The lowest BCUT2D eigenvalue weighted by Crippen LogP contribution is -2.48. The summed E-state index contributed by atoms with van der Waals surface area (Å²) >= 11 is 6.05. The van der Waals surface area contributed by atoms with Crippen LogP contribution in [0.5, 0.6) is 0 Å². The number of nitriles is 1. The van der Waals surface area contributed by atoms with E-state index in [1.807, 2.05) is 6.07 Å². The highest BCUT2D eigenvalue weighted by Crippen LogP contribution is 2.34. The standard InChI is InChI=1S/C13H14ClN3O2/c14-10-9(8-15)4-7-16-11(10)17-13(12(18)19)5-2-1-3-6-13/h4,7H,1-3,5-6H2,(H,16,17)(H,18,19). The molecule has 0 bridgehead atoms. The number of aromatic nitrogens is 1. The SMILES string of the molecule is N#Cc1ccnc(NC2(C(=O)O)CCCCC2)c1Cl. The van der Waals surface area contributed by atoms with Gasteiger partial charge in [0.15, 0.2) is 0 Å². The van der Waals surface area contributed by atoms with E-state index in [-0.39, 0.29) is 16.4 Å². The maximum absolute atomic E-state index is 11.5. The number of carboxylic acids is 1. The van der Waals surface area contributed by atoms with E-state index < -0.39 is 11.5 Å². The molecule has 1 heterocycles. The maximum atomic E-state index is 11.5. The van der Waals surface area contributed by atoms with E-state index in [0.717, 1.165) is 19.3 Å². The molecule has 0 spiro atoms. The van der Waals surface area contributed by atoms with Gasteiger partial charge in [-0.1, -0.05) is 30.9 Å². The summed E-state index contributed by atoms with van der Waals surface area (Å²) in [5.41, 5.74) is -0.737. The van der Waals surface area contributed by atoms with E-state index in [1.54, 1.807) is 0 Å². The van der Waals surface area contributed by atoms with Crippen molar-refractivity contribution in [1.82, 2.24) is 4.98 Å². The minimum Gasteiger partial charge on any atom is -0.480 e. The second-order valence-corrected chi connectivity index (χ2v) is 5.08. The largest absolute Gasteiger partial charge is 0.480 e. The number of pyridine rings is 1. The monoisotopic (exact) mass is 279 g/mol. The van der Waals surface area contributed by atoms with Crippen LogP contribution in [0.4, 0.5) is 5.82 Å². The molecule has 1 fully saturated rings. The van der Waals surface area contributed by atoms with Crippen molar-refractivity contribution < 1.29 is 9.90 Å². The van der Waals surface area contributed by atoms with Crippen LogP contribution in [0.25, 0.3) is 0 Å². The molecular formula is C13H14ClN3O2. The first-order valence-electron chi connectivity index (χ1n) is 6.15. The zero-order valence-electron chi connectivity index (χ0n) is 10.3. The van der Waals surface area contributed by atoms with Gasteiger partial charge in [-0.3, -0.25) is 0 Å². The van der Waals surface area contributed by atoms with Crippen LogP contribution in [-0.2, 0) is 4.79 Å². The number of hydrogen-bond donors (Lipinski definition) is 2. The van der Waals surface area contributed by atoms with Crippen molar-refractivity contribution in [3.63, 3.8) is 0 Å². The molecule has 1 aromatic rings. The summed E-state index contributed by atoms with van der Waals surface area (Å²) in [6.45, 7) is 0. The molecule has 2 N–H and O–H groups in total. The van der Waals surface area contributed by atoms with E-state index in [4.69, 9.17) is 16.9 Å². The van der Waals surface area contributed by atoms with Crippen LogP contribution < -0.4 is 5.32 Å². The summed E-state index contributed by atoms with van der Waals surface area (Å²) in [5, 5.41) is 21.5. The molecule has 0 aliphatic heterocycles. The van der Waals surface area contributed by atoms with Crippen LogP contribution in [0.3, 0.4) is 0 Å². The molecule has 6 heteroatoms.